The summed E-state index contributed by atoms with van der Waals surface area (Å²) in [5.74, 6) is -0.0722. The van der Waals surface area contributed by atoms with E-state index >= 15 is 0 Å². The summed E-state index contributed by atoms with van der Waals surface area (Å²) in [6, 6.07) is 6.83. The topological polar surface area (TPSA) is 61.7 Å². The number of hydrogen-bond acceptors (Lipinski definition) is 5. The quantitative estimate of drug-likeness (QED) is 0.687. The van der Waals surface area contributed by atoms with Gasteiger partial charge in [0.15, 0.2) is 5.78 Å². The van der Waals surface area contributed by atoms with Gasteiger partial charge in [0.1, 0.15) is 0 Å². The summed E-state index contributed by atoms with van der Waals surface area (Å²) in [6.45, 7) is 10.7. The predicted octanol–water partition coefficient (Wildman–Crippen LogP) is 3.56. The van der Waals surface area contributed by atoms with E-state index in [4.69, 9.17) is 0 Å². The third-order valence-corrected chi connectivity index (χ3v) is 7.53. The number of carbonyl (C=O) groups is 2. The minimum Gasteiger partial charge on any atom is -0.371 e. The first-order chi connectivity index (χ1) is 15.4. The molecule has 170 valence electrons. The van der Waals surface area contributed by atoms with Crippen molar-refractivity contribution in [2.45, 2.75) is 46.1 Å². The van der Waals surface area contributed by atoms with Gasteiger partial charge >= 0.3 is 6.03 Å². The molecule has 32 heavy (non-hydrogen) atoms. The fourth-order valence-electron chi connectivity index (χ4n) is 5.74. The maximum atomic E-state index is 12.9. The second kappa shape index (κ2) is 8.35. The molecule has 1 spiro atoms. The van der Waals surface area contributed by atoms with E-state index in [0.717, 1.165) is 45.6 Å². The Hall–Kier alpha value is -2.67. The van der Waals surface area contributed by atoms with Crippen LogP contribution in [0.1, 0.15) is 54.1 Å². The zero-order valence-corrected chi connectivity index (χ0v) is 19.2. The first-order valence-electron chi connectivity index (χ1n) is 11.8. The number of aryl methyl sites for hydroxylation is 1. The molecule has 0 bridgehead atoms. The molecule has 0 aliphatic carbocycles. The second-order valence-electron chi connectivity index (χ2n) is 9.96. The van der Waals surface area contributed by atoms with Crippen LogP contribution in [0.2, 0.25) is 0 Å². The van der Waals surface area contributed by atoms with Crippen molar-refractivity contribution in [1.29, 1.82) is 0 Å². The van der Waals surface area contributed by atoms with Crippen LogP contribution in [0, 0.1) is 12.3 Å². The smallest absolute Gasteiger partial charge is 0.344 e. The van der Waals surface area contributed by atoms with E-state index in [1.54, 1.807) is 6.20 Å². The average Bonchev–Trinajstić information content (AvgIpc) is 3.57. The number of likely N-dealkylation sites (tertiary alicyclic amines) is 2. The summed E-state index contributed by atoms with van der Waals surface area (Å²) in [4.78, 5) is 31.3. The molecule has 3 saturated heterocycles. The lowest BCUT2D eigenvalue weighted by Gasteiger charge is -2.25. The maximum Gasteiger partial charge on any atom is 0.344 e. The van der Waals surface area contributed by atoms with Gasteiger partial charge in [0.05, 0.1) is 11.8 Å². The van der Waals surface area contributed by atoms with Gasteiger partial charge in [-0.1, -0.05) is 12.1 Å². The lowest BCUT2D eigenvalue weighted by Crippen LogP contribution is -2.36. The first kappa shape index (κ1) is 21.2. The molecule has 0 N–H and O–H groups in total. The van der Waals surface area contributed by atoms with Crippen LogP contribution in [0.25, 0.3) is 0 Å². The predicted molar refractivity (Wildman–Crippen MR) is 124 cm³/mol. The molecule has 4 heterocycles. The molecule has 0 radical (unpaired) electrons. The molecule has 3 aliphatic heterocycles. The average molecular weight is 436 g/mol. The summed E-state index contributed by atoms with van der Waals surface area (Å²) in [7, 11) is 0. The van der Waals surface area contributed by atoms with Crippen LogP contribution in [0.3, 0.4) is 0 Å². The van der Waals surface area contributed by atoms with E-state index in [0.29, 0.717) is 5.56 Å². The van der Waals surface area contributed by atoms with Crippen LogP contribution in [0.5, 0.6) is 0 Å². The summed E-state index contributed by atoms with van der Waals surface area (Å²) in [5, 5.41) is 4.10. The number of nitrogens with zero attached hydrogens (tertiary/aromatic N) is 5. The van der Waals surface area contributed by atoms with Crippen LogP contribution in [0.4, 0.5) is 10.5 Å². The first-order valence-corrected chi connectivity index (χ1v) is 11.8. The number of ketones is 1. The number of carbonyl (C=O) groups excluding carboxylic acids is 2. The van der Waals surface area contributed by atoms with Crippen molar-refractivity contribution in [3.8, 4) is 0 Å². The molecular weight excluding hydrogens is 402 g/mol. The number of anilines is 1. The van der Waals surface area contributed by atoms with Gasteiger partial charge in [0.25, 0.3) is 0 Å². The number of rotatable bonds is 4. The minimum absolute atomic E-state index is 0.0722. The molecule has 1 atom stereocenters. The molecule has 7 heteroatoms. The Bertz CT molecular complexity index is 1030. The lowest BCUT2D eigenvalue weighted by atomic mass is 9.86. The molecule has 1 aromatic carbocycles. The molecule has 1 unspecified atom stereocenters. The molecule has 2 aromatic rings. The maximum absolute atomic E-state index is 12.9. The normalized spacial score (nSPS) is 23.6. The third-order valence-electron chi connectivity index (χ3n) is 7.53. The Morgan fingerprint density at radius 3 is 2.56 bits per heavy atom. The standard InChI is InChI=1S/C25H33N5O2/c1-19-13-21(5-6-23(19)28-9-3-4-10-28)15-27-11-7-25(17-27)8-12-29(18-25)24(32)30-16-22(14-26-30)20(2)31/h5-6,13-14,16H,3-4,7-12,15,17-18H2,1-2H3. The highest BCUT2D eigenvalue weighted by molar-refractivity contribution is 5.94. The van der Waals surface area contributed by atoms with Crippen molar-refractivity contribution in [2.24, 2.45) is 5.41 Å². The van der Waals surface area contributed by atoms with E-state index < -0.39 is 0 Å². The zero-order valence-electron chi connectivity index (χ0n) is 19.2. The van der Waals surface area contributed by atoms with E-state index in [-0.39, 0.29) is 17.2 Å². The molecule has 3 fully saturated rings. The highest BCUT2D eigenvalue weighted by atomic mass is 16.2. The van der Waals surface area contributed by atoms with Crippen LogP contribution in [-0.2, 0) is 6.54 Å². The summed E-state index contributed by atoms with van der Waals surface area (Å²) < 4.78 is 1.31. The number of hydrogen-bond donors (Lipinski definition) is 0. The Labute approximate surface area is 190 Å². The Morgan fingerprint density at radius 2 is 1.84 bits per heavy atom. The number of benzene rings is 1. The number of amides is 1. The summed E-state index contributed by atoms with van der Waals surface area (Å²) in [5.41, 5.74) is 4.80. The van der Waals surface area contributed by atoms with Crippen LogP contribution in [-0.4, -0.2) is 70.7 Å². The van der Waals surface area contributed by atoms with Crippen molar-refractivity contribution >= 4 is 17.5 Å². The van der Waals surface area contributed by atoms with Crippen LogP contribution in [0.15, 0.2) is 30.6 Å². The second-order valence-corrected chi connectivity index (χ2v) is 9.96. The largest absolute Gasteiger partial charge is 0.371 e. The Balaban J connectivity index is 1.19. The van der Waals surface area contributed by atoms with Crippen LogP contribution < -0.4 is 4.90 Å². The molecular formula is C25H33N5O2. The van der Waals surface area contributed by atoms with E-state index in [9.17, 15) is 9.59 Å². The molecule has 1 aromatic heterocycles. The van der Waals surface area contributed by atoms with Crippen LogP contribution >= 0.6 is 0 Å². The van der Waals surface area contributed by atoms with E-state index in [1.165, 1.54) is 60.5 Å². The Kier molecular flexibility index (Phi) is 5.53. The molecule has 0 saturated carbocycles. The van der Waals surface area contributed by atoms with Gasteiger partial charge in [-0.05, 0) is 63.3 Å². The Morgan fingerprint density at radius 1 is 1.06 bits per heavy atom. The SMILES string of the molecule is CC(=O)c1cnn(C(=O)N2CCC3(CCN(Cc4ccc(N5CCCC5)c(C)c4)C3)C2)c1. The minimum atomic E-state index is -0.124. The number of Topliss-reactive ketones (excluding diaryl/α,β-unsaturated/α-hetero) is 1. The van der Waals surface area contributed by atoms with Gasteiger partial charge in [0.2, 0.25) is 0 Å². The van der Waals surface area contributed by atoms with Gasteiger partial charge in [-0.25, -0.2) is 4.79 Å². The van der Waals surface area contributed by atoms with E-state index in [1.807, 2.05) is 4.90 Å². The van der Waals surface area contributed by atoms with Gasteiger partial charge in [0, 0.05) is 56.6 Å². The van der Waals surface area contributed by atoms with Gasteiger partial charge in [-0.3, -0.25) is 9.69 Å². The van der Waals surface area contributed by atoms with Crippen molar-refractivity contribution in [1.82, 2.24) is 19.6 Å². The molecule has 1 amide bonds. The number of aromatic nitrogens is 2. The van der Waals surface area contributed by atoms with Gasteiger partial charge in [-0.2, -0.15) is 9.78 Å². The van der Waals surface area contributed by atoms with Crippen molar-refractivity contribution in [2.75, 3.05) is 44.2 Å². The van der Waals surface area contributed by atoms with Gasteiger partial charge in [-0.15, -0.1) is 0 Å². The molecule has 5 rings (SSSR count). The monoisotopic (exact) mass is 435 g/mol. The zero-order chi connectivity index (χ0) is 22.3. The summed E-state index contributed by atoms with van der Waals surface area (Å²) >= 11 is 0. The fraction of sp³-hybridized carbons (Fsp3) is 0.560. The molecule has 7 nitrogen and oxygen atoms in total. The van der Waals surface area contributed by atoms with Gasteiger partial charge < -0.3 is 9.80 Å². The highest BCUT2D eigenvalue weighted by Gasteiger charge is 2.45. The highest BCUT2D eigenvalue weighted by Crippen LogP contribution is 2.40. The summed E-state index contributed by atoms with van der Waals surface area (Å²) in [6.07, 6.45) is 7.78. The van der Waals surface area contributed by atoms with Crippen molar-refractivity contribution < 1.29 is 9.59 Å². The fourth-order valence-corrected chi connectivity index (χ4v) is 5.74. The van der Waals surface area contributed by atoms with Crippen molar-refractivity contribution in [3.05, 3.63) is 47.3 Å². The third kappa shape index (κ3) is 4.06. The molecule has 3 aliphatic rings. The lowest BCUT2D eigenvalue weighted by molar-refractivity contribution is 0.101. The van der Waals surface area contributed by atoms with Crippen molar-refractivity contribution in [3.63, 3.8) is 0 Å². The van der Waals surface area contributed by atoms with E-state index in [2.05, 4.69) is 40.0 Å².